The first-order chi connectivity index (χ1) is 13.9. The van der Waals surface area contributed by atoms with Gasteiger partial charge in [0.15, 0.2) is 0 Å². The Balaban J connectivity index is 2.12. The van der Waals surface area contributed by atoms with Crippen molar-refractivity contribution in [3.8, 4) is 0 Å². The van der Waals surface area contributed by atoms with Gasteiger partial charge in [-0.3, -0.25) is 9.03 Å². The Kier molecular flexibility index (Phi) is 7.95. The smallest absolute Gasteiger partial charge is 0.232 e. The van der Waals surface area contributed by atoms with Crippen LogP contribution in [0.5, 0.6) is 0 Å². The highest BCUT2D eigenvalue weighted by molar-refractivity contribution is 7.92. The Morgan fingerprint density at radius 3 is 2.53 bits per heavy atom. The number of hydrogen-bond donors (Lipinski definition) is 1. The third kappa shape index (κ3) is 7.03. The molecule has 1 atom stereocenters. The van der Waals surface area contributed by atoms with Crippen LogP contribution >= 0.6 is 0 Å². The van der Waals surface area contributed by atoms with Crippen molar-refractivity contribution in [2.24, 2.45) is 0 Å². The number of benzene rings is 1. The number of sulfonamides is 2. The van der Waals surface area contributed by atoms with Crippen molar-refractivity contribution in [3.63, 3.8) is 0 Å². The van der Waals surface area contributed by atoms with Crippen molar-refractivity contribution in [2.45, 2.75) is 25.3 Å². The Hall–Kier alpha value is -2.04. The lowest BCUT2D eigenvalue weighted by atomic mass is 9.93. The van der Waals surface area contributed by atoms with Crippen molar-refractivity contribution < 1.29 is 21.6 Å². The maximum atomic E-state index is 12.4. The second-order valence-corrected chi connectivity index (χ2v) is 11.3. The quantitative estimate of drug-likeness (QED) is 0.548. The van der Waals surface area contributed by atoms with E-state index in [1.54, 1.807) is 25.3 Å². The van der Waals surface area contributed by atoms with Crippen molar-refractivity contribution >= 4 is 31.4 Å². The summed E-state index contributed by atoms with van der Waals surface area (Å²) in [6.07, 6.45) is 11.7. The Labute approximate surface area is 180 Å². The van der Waals surface area contributed by atoms with Crippen LogP contribution in [0.3, 0.4) is 0 Å². The predicted molar refractivity (Wildman–Crippen MR) is 122 cm³/mol. The van der Waals surface area contributed by atoms with Crippen LogP contribution in [0.2, 0.25) is 0 Å². The van der Waals surface area contributed by atoms with E-state index in [1.807, 2.05) is 18.4 Å². The number of nitrogens with zero attached hydrogens (tertiary/aromatic N) is 2. The Morgan fingerprint density at radius 2 is 1.90 bits per heavy atom. The minimum absolute atomic E-state index is 0.194. The van der Waals surface area contributed by atoms with Gasteiger partial charge in [-0.05, 0) is 50.2 Å². The van der Waals surface area contributed by atoms with E-state index in [4.69, 9.17) is 4.74 Å². The third-order valence-corrected chi connectivity index (χ3v) is 6.70. The molecule has 1 aromatic carbocycles. The fourth-order valence-electron chi connectivity index (χ4n) is 3.36. The SMILES string of the molecule is COCCC1(C)C=CC=CN1CCCN(c1cccc(NS(C)(=O)=O)c1)S(C)(=O)=O. The first-order valence-electron chi connectivity index (χ1n) is 9.62. The Bertz CT molecular complexity index is 989. The van der Waals surface area contributed by atoms with Crippen LogP contribution in [0, 0.1) is 0 Å². The average molecular weight is 458 g/mol. The van der Waals surface area contributed by atoms with Crippen molar-refractivity contribution in [2.75, 3.05) is 48.3 Å². The molecule has 0 amide bonds. The molecule has 1 unspecified atom stereocenters. The molecule has 1 aliphatic heterocycles. The molecule has 0 aliphatic carbocycles. The van der Waals surface area contributed by atoms with E-state index >= 15 is 0 Å². The van der Waals surface area contributed by atoms with Crippen molar-refractivity contribution in [1.82, 2.24) is 4.90 Å². The van der Waals surface area contributed by atoms with Crippen LogP contribution in [-0.2, 0) is 24.8 Å². The molecule has 8 nitrogen and oxygen atoms in total. The van der Waals surface area contributed by atoms with Crippen LogP contribution < -0.4 is 9.03 Å². The largest absolute Gasteiger partial charge is 0.385 e. The summed E-state index contributed by atoms with van der Waals surface area (Å²) in [6.45, 7) is 3.69. The molecular weight excluding hydrogens is 426 g/mol. The van der Waals surface area contributed by atoms with E-state index in [9.17, 15) is 16.8 Å². The standard InChI is InChI=1S/C20H31N3O5S2/c1-20(12-16-28-2)11-5-6-13-22(20)14-8-15-23(30(4,26)27)19-10-7-9-18(17-19)21-29(3,24)25/h5-7,9-11,13,17,21H,8,12,14-16H2,1-4H3. The highest BCUT2D eigenvalue weighted by Crippen LogP contribution is 2.27. The zero-order valence-electron chi connectivity index (χ0n) is 17.9. The normalized spacial score (nSPS) is 19.1. The number of methoxy groups -OCH3 is 1. The van der Waals surface area contributed by atoms with E-state index in [0.29, 0.717) is 30.9 Å². The van der Waals surface area contributed by atoms with Gasteiger partial charge in [0.05, 0.1) is 29.4 Å². The number of hydrogen-bond acceptors (Lipinski definition) is 6. The average Bonchev–Trinajstić information content (AvgIpc) is 2.63. The van der Waals surface area contributed by atoms with Crippen LogP contribution in [-0.4, -0.2) is 66.6 Å². The molecule has 2 rings (SSSR count). The molecule has 0 bridgehead atoms. The van der Waals surface area contributed by atoms with Gasteiger partial charge in [-0.15, -0.1) is 0 Å². The van der Waals surface area contributed by atoms with Crippen molar-refractivity contribution in [1.29, 1.82) is 0 Å². The summed E-state index contributed by atoms with van der Waals surface area (Å²) in [5.74, 6) is 0. The number of allylic oxidation sites excluding steroid dienone is 2. The lowest BCUT2D eigenvalue weighted by Crippen LogP contribution is -2.44. The summed E-state index contributed by atoms with van der Waals surface area (Å²) in [5, 5.41) is 0. The third-order valence-electron chi connectivity index (χ3n) is 4.90. The van der Waals surface area contributed by atoms with Crippen molar-refractivity contribution in [3.05, 3.63) is 48.7 Å². The molecule has 0 aromatic heterocycles. The van der Waals surface area contributed by atoms with Gasteiger partial charge in [0.2, 0.25) is 20.0 Å². The summed E-state index contributed by atoms with van der Waals surface area (Å²) in [4.78, 5) is 2.19. The highest BCUT2D eigenvalue weighted by atomic mass is 32.2. The van der Waals surface area contributed by atoms with E-state index < -0.39 is 20.0 Å². The van der Waals surface area contributed by atoms with Gasteiger partial charge < -0.3 is 9.64 Å². The number of nitrogens with one attached hydrogen (secondary N) is 1. The van der Waals surface area contributed by atoms with Crippen LogP contribution in [0.15, 0.2) is 48.7 Å². The number of anilines is 2. The van der Waals surface area contributed by atoms with E-state index in [2.05, 4.69) is 22.6 Å². The molecule has 30 heavy (non-hydrogen) atoms. The van der Waals surface area contributed by atoms with Gasteiger partial charge in [0.1, 0.15) is 0 Å². The monoisotopic (exact) mass is 457 g/mol. The summed E-state index contributed by atoms with van der Waals surface area (Å²) in [6, 6.07) is 6.38. The fraction of sp³-hybridized carbons (Fsp3) is 0.500. The predicted octanol–water partition coefficient (Wildman–Crippen LogP) is 2.39. The molecule has 1 aromatic rings. The molecule has 0 fully saturated rings. The molecule has 1 N–H and O–H groups in total. The molecule has 168 valence electrons. The molecule has 0 spiro atoms. The highest BCUT2D eigenvalue weighted by Gasteiger charge is 2.28. The summed E-state index contributed by atoms with van der Waals surface area (Å²) < 4.78 is 56.7. The maximum absolute atomic E-state index is 12.4. The summed E-state index contributed by atoms with van der Waals surface area (Å²) >= 11 is 0. The molecule has 0 saturated carbocycles. The van der Waals surface area contributed by atoms with Crippen LogP contribution in [0.4, 0.5) is 11.4 Å². The van der Waals surface area contributed by atoms with Gasteiger partial charge in [-0.2, -0.15) is 0 Å². The molecule has 10 heteroatoms. The zero-order valence-corrected chi connectivity index (χ0v) is 19.5. The van der Waals surface area contributed by atoms with Gasteiger partial charge >= 0.3 is 0 Å². The van der Waals surface area contributed by atoms with Crippen LogP contribution in [0.1, 0.15) is 19.8 Å². The molecule has 0 saturated heterocycles. The van der Waals surface area contributed by atoms with Gasteiger partial charge in [-0.25, -0.2) is 16.8 Å². The van der Waals surface area contributed by atoms with Gasteiger partial charge in [0, 0.05) is 26.8 Å². The summed E-state index contributed by atoms with van der Waals surface area (Å²) in [7, 11) is -5.32. The second-order valence-electron chi connectivity index (χ2n) is 7.61. The molecular formula is C20H31N3O5S2. The lowest BCUT2D eigenvalue weighted by molar-refractivity contribution is 0.126. The summed E-state index contributed by atoms with van der Waals surface area (Å²) in [5.41, 5.74) is 0.544. The van der Waals surface area contributed by atoms with E-state index in [1.165, 1.54) is 10.4 Å². The maximum Gasteiger partial charge on any atom is 0.232 e. The first-order valence-corrected chi connectivity index (χ1v) is 13.4. The first kappa shape index (κ1) is 24.2. The molecule has 1 aliphatic rings. The fourth-order valence-corrected chi connectivity index (χ4v) is 4.87. The minimum Gasteiger partial charge on any atom is -0.385 e. The number of rotatable bonds is 11. The zero-order chi connectivity index (χ0) is 22.4. The second kappa shape index (κ2) is 9.84. The Morgan fingerprint density at radius 1 is 1.17 bits per heavy atom. The number of ether oxygens (including phenoxy) is 1. The lowest BCUT2D eigenvalue weighted by Gasteiger charge is -2.40. The minimum atomic E-state index is -3.54. The van der Waals surface area contributed by atoms with Gasteiger partial charge in [0.25, 0.3) is 0 Å². The van der Waals surface area contributed by atoms with E-state index in [-0.39, 0.29) is 12.1 Å². The molecule has 0 radical (unpaired) electrons. The topological polar surface area (TPSA) is 96.0 Å². The van der Waals surface area contributed by atoms with Crippen LogP contribution in [0.25, 0.3) is 0 Å². The van der Waals surface area contributed by atoms with E-state index in [0.717, 1.165) is 18.9 Å². The molecule has 1 heterocycles. The van der Waals surface area contributed by atoms with Gasteiger partial charge in [-0.1, -0.05) is 18.2 Å².